The van der Waals surface area contributed by atoms with E-state index in [1.807, 2.05) is 18.2 Å². The highest BCUT2D eigenvalue weighted by Crippen LogP contribution is 2.12. The fourth-order valence-corrected chi connectivity index (χ4v) is 2.12. The maximum Gasteiger partial charge on any atom is 0.0809 e. The number of benzene rings is 1. The quantitative estimate of drug-likeness (QED) is 0.608. The molecule has 1 aromatic rings. The lowest BCUT2D eigenvalue weighted by atomic mass is 10.1. The fourth-order valence-electron chi connectivity index (χ4n) is 2.12. The average molecular weight is 235 g/mol. The van der Waals surface area contributed by atoms with E-state index in [2.05, 4.69) is 6.07 Å². The Hall–Kier alpha value is -1.06. The van der Waals surface area contributed by atoms with Crippen molar-refractivity contribution in [2.75, 3.05) is 25.6 Å². The van der Waals surface area contributed by atoms with Gasteiger partial charge in [-0.3, -0.25) is 0 Å². The van der Waals surface area contributed by atoms with Gasteiger partial charge in [0.05, 0.1) is 12.7 Å². The van der Waals surface area contributed by atoms with Gasteiger partial charge in [0.25, 0.3) is 0 Å². The summed E-state index contributed by atoms with van der Waals surface area (Å²) in [6, 6.07) is 8.05. The molecule has 17 heavy (non-hydrogen) atoms. The Morgan fingerprint density at radius 3 is 3.12 bits per heavy atom. The lowest BCUT2D eigenvalue weighted by molar-refractivity contribution is 0.0166. The van der Waals surface area contributed by atoms with Crippen LogP contribution in [0.5, 0.6) is 0 Å². The Kier molecular flexibility index (Phi) is 4.83. The maximum absolute atomic E-state index is 5.72. The molecule has 0 spiro atoms. The van der Waals surface area contributed by atoms with Crippen LogP contribution >= 0.6 is 0 Å². The molecular formula is C14H21NO2. The van der Waals surface area contributed by atoms with Crippen LogP contribution in [0.25, 0.3) is 0 Å². The molecule has 0 aliphatic carbocycles. The zero-order valence-electron chi connectivity index (χ0n) is 10.2. The number of hydrogen-bond donors (Lipinski definition) is 1. The number of anilines is 1. The second-order valence-corrected chi connectivity index (χ2v) is 4.56. The van der Waals surface area contributed by atoms with Gasteiger partial charge in [-0.15, -0.1) is 0 Å². The Labute approximate surface area is 103 Å². The molecule has 2 rings (SSSR count). The van der Waals surface area contributed by atoms with Crippen LogP contribution in [0.2, 0.25) is 0 Å². The van der Waals surface area contributed by atoms with Crippen molar-refractivity contribution in [3.63, 3.8) is 0 Å². The summed E-state index contributed by atoms with van der Waals surface area (Å²) >= 11 is 0. The molecule has 1 atom stereocenters. The Balaban J connectivity index is 1.56. The Morgan fingerprint density at radius 2 is 2.35 bits per heavy atom. The minimum absolute atomic E-state index is 0.336. The number of nitrogen functional groups attached to an aromatic ring is 1. The van der Waals surface area contributed by atoms with Crippen LogP contribution in [0.3, 0.4) is 0 Å². The second-order valence-electron chi connectivity index (χ2n) is 4.56. The molecule has 1 aliphatic heterocycles. The SMILES string of the molecule is Nc1cccc(CCCOCC2CCCO2)c1. The van der Waals surface area contributed by atoms with E-state index in [1.165, 1.54) is 12.0 Å². The number of hydrogen-bond acceptors (Lipinski definition) is 3. The van der Waals surface area contributed by atoms with E-state index in [0.717, 1.165) is 44.8 Å². The molecule has 0 bridgehead atoms. The van der Waals surface area contributed by atoms with Gasteiger partial charge in [-0.25, -0.2) is 0 Å². The van der Waals surface area contributed by atoms with Crippen LogP contribution in [0.1, 0.15) is 24.8 Å². The molecule has 1 unspecified atom stereocenters. The number of rotatable bonds is 6. The van der Waals surface area contributed by atoms with Crippen LogP contribution < -0.4 is 5.73 Å². The van der Waals surface area contributed by atoms with Crippen molar-refractivity contribution in [3.05, 3.63) is 29.8 Å². The molecule has 94 valence electrons. The van der Waals surface area contributed by atoms with Crippen molar-refractivity contribution in [2.24, 2.45) is 0 Å². The van der Waals surface area contributed by atoms with Crippen LogP contribution in [-0.2, 0) is 15.9 Å². The van der Waals surface area contributed by atoms with Crippen molar-refractivity contribution < 1.29 is 9.47 Å². The van der Waals surface area contributed by atoms with Gasteiger partial charge in [0.2, 0.25) is 0 Å². The zero-order chi connectivity index (χ0) is 11.9. The van der Waals surface area contributed by atoms with Crippen molar-refractivity contribution in [1.29, 1.82) is 0 Å². The normalized spacial score (nSPS) is 19.6. The first-order valence-corrected chi connectivity index (χ1v) is 6.38. The smallest absolute Gasteiger partial charge is 0.0809 e. The number of ether oxygens (including phenoxy) is 2. The lowest BCUT2D eigenvalue weighted by Gasteiger charge is -2.09. The van der Waals surface area contributed by atoms with Crippen LogP contribution in [-0.4, -0.2) is 25.9 Å². The molecule has 0 aromatic heterocycles. The molecule has 1 aromatic carbocycles. The number of nitrogens with two attached hydrogens (primary N) is 1. The van der Waals surface area contributed by atoms with Gasteiger partial charge in [-0.1, -0.05) is 12.1 Å². The summed E-state index contributed by atoms with van der Waals surface area (Å²) in [6.07, 6.45) is 4.72. The van der Waals surface area contributed by atoms with E-state index in [1.54, 1.807) is 0 Å². The summed E-state index contributed by atoms with van der Waals surface area (Å²) in [4.78, 5) is 0. The highest BCUT2D eigenvalue weighted by Gasteiger charge is 2.14. The van der Waals surface area contributed by atoms with E-state index in [-0.39, 0.29) is 0 Å². The molecule has 0 radical (unpaired) electrons. The summed E-state index contributed by atoms with van der Waals surface area (Å²) in [5, 5.41) is 0. The van der Waals surface area contributed by atoms with E-state index in [9.17, 15) is 0 Å². The van der Waals surface area contributed by atoms with Gasteiger partial charge >= 0.3 is 0 Å². The topological polar surface area (TPSA) is 44.5 Å². The van der Waals surface area contributed by atoms with Crippen molar-refractivity contribution in [1.82, 2.24) is 0 Å². The van der Waals surface area contributed by atoms with Gasteiger partial charge < -0.3 is 15.2 Å². The lowest BCUT2D eigenvalue weighted by Crippen LogP contribution is -2.14. The summed E-state index contributed by atoms with van der Waals surface area (Å²) < 4.78 is 11.1. The molecule has 1 aliphatic rings. The van der Waals surface area contributed by atoms with Crippen LogP contribution in [0.4, 0.5) is 5.69 Å². The summed E-state index contributed by atoms with van der Waals surface area (Å²) in [6.45, 7) is 2.45. The molecule has 1 fully saturated rings. The third-order valence-electron chi connectivity index (χ3n) is 3.03. The van der Waals surface area contributed by atoms with Crippen molar-refractivity contribution >= 4 is 5.69 Å². The van der Waals surface area contributed by atoms with E-state index < -0.39 is 0 Å². The average Bonchev–Trinajstić information content (AvgIpc) is 2.82. The van der Waals surface area contributed by atoms with E-state index in [4.69, 9.17) is 15.2 Å². The molecule has 1 heterocycles. The summed E-state index contributed by atoms with van der Waals surface area (Å²) in [5.41, 5.74) is 7.84. The highest BCUT2D eigenvalue weighted by molar-refractivity contribution is 5.40. The molecule has 2 N–H and O–H groups in total. The van der Waals surface area contributed by atoms with E-state index >= 15 is 0 Å². The zero-order valence-corrected chi connectivity index (χ0v) is 10.2. The molecule has 1 saturated heterocycles. The summed E-state index contributed by atoms with van der Waals surface area (Å²) in [5.74, 6) is 0. The first kappa shape index (κ1) is 12.4. The predicted octanol–water partition coefficient (Wildman–Crippen LogP) is 2.40. The molecule has 3 heteroatoms. The number of aryl methyl sites for hydroxylation is 1. The third-order valence-corrected chi connectivity index (χ3v) is 3.03. The Bertz CT molecular complexity index is 335. The largest absolute Gasteiger partial charge is 0.399 e. The molecule has 0 amide bonds. The predicted molar refractivity (Wildman–Crippen MR) is 69.0 cm³/mol. The van der Waals surface area contributed by atoms with Gasteiger partial charge in [0, 0.05) is 18.9 Å². The molecule has 0 saturated carbocycles. The van der Waals surface area contributed by atoms with E-state index in [0.29, 0.717) is 6.10 Å². The minimum atomic E-state index is 0.336. The third kappa shape index (κ3) is 4.36. The van der Waals surface area contributed by atoms with Gasteiger partial charge in [0.1, 0.15) is 0 Å². The molecular weight excluding hydrogens is 214 g/mol. The Morgan fingerprint density at radius 1 is 1.41 bits per heavy atom. The second kappa shape index (κ2) is 6.62. The standard InChI is InChI=1S/C14H21NO2/c15-13-6-1-4-12(10-13)5-2-8-16-11-14-7-3-9-17-14/h1,4,6,10,14H,2-3,5,7-9,11,15H2. The molecule has 3 nitrogen and oxygen atoms in total. The highest BCUT2D eigenvalue weighted by atomic mass is 16.5. The van der Waals surface area contributed by atoms with Gasteiger partial charge in [0.15, 0.2) is 0 Å². The van der Waals surface area contributed by atoms with Gasteiger partial charge in [-0.2, -0.15) is 0 Å². The fraction of sp³-hybridized carbons (Fsp3) is 0.571. The monoisotopic (exact) mass is 235 g/mol. The summed E-state index contributed by atoms with van der Waals surface area (Å²) in [7, 11) is 0. The van der Waals surface area contributed by atoms with Crippen molar-refractivity contribution in [3.8, 4) is 0 Å². The maximum atomic E-state index is 5.72. The van der Waals surface area contributed by atoms with Crippen LogP contribution in [0, 0.1) is 0 Å². The van der Waals surface area contributed by atoms with Crippen molar-refractivity contribution in [2.45, 2.75) is 31.8 Å². The van der Waals surface area contributed by atoms with Gasteiger partial charge in [-0.05, 0) is 43.4 Å². The first-order chi connectivity index (χ1) is 8.34. The minimum Gasteiger partial charge on any atom is -0.399 e. The van der Waals surface area contributed by atoms with Crippen LogP contribution in [0.15, 0.2) is 24.3 Å². The first-order valence-electron chi connectivity index (χ1n) is 6.38.